The zero-order chi connectivity index (χ0) is 27.7. The lowest BCUT2D eigenvalue weighted by Gasteiger charge is -2.18. The van der Waals surface area contributed by atoms with Crippen molar-refractivity contribution in [2.24, 2.45) is 7.05 Å². The van der Waals surface area contributed by atoms with Gasteiger partial charge in [0.15, 0.2) is 11.6 Å². The smallest absolute Gasteiger partial charge is 0.256 e. The van der Waals surface area contributed by atoms with Crippen molar-refractivity contribution in [3.8, 4) is 17.1 Å². The summed E-state index contributed by atoms with van der Waals surface area (Å²) in [7, 11) is 3.25. The topological polar surface area (TPSA) is 141 Å². The van der Waals surface area contributed by atoms with Crippen LogP contribution in [0.5, 0.6) is 5.75 Å². The maximum atomic E-state index is 12.9. The summed E-state index contributed by atoms with van der Waals surface area (Å²) >= 11 is 0. The number of carbonyl (C=O) groups is 1. The average Bonchev–Trinajstić information content (AvgIpc) is 3.28. The van der Waals surface area contributed by atoms with Crippen LogP contribution in [0.15, 0.2) is 36.8 Å². The summed E-state index contributed by atoms with van der Waals surface area (Å²) in [5.74, 6) is 0.565. The van der Waals surface area contributed by atoms with E-state index in [1.54, 1.807) is 24.1 Å². The van der Waals surface area contributed by atoms with Gasteiger partial charge < -0.3 is 25.4 Å². The van der Waals surface area contributed by atoms with Gasteiger partial charge in [0.05, 0.1) is 37.3 Å². The third kappa shape index (κ3) is 4.66. The number of carbonyl (C=O) groups excluding carboxylic acids is 1. The van der Waals surface area contributed by atoms with Crippen LogP contribution in [0.3, 0.4) is 0 Å². The number of aromatic nitrogens is 6. The molecule has 0 fully saturated rings. The highest BCUT2D eigenvalue weighted by Gasteiger charge is 2.21. The number of hydrogen-bond donors (Lipinski definition) is 3. The second-order valence-corrected chi connectivity index (χ2v) is 8.14. The van der Waals surface area contributed by atoms with Crippen molar-refractivity contribution in [1.29, 1.82) is 0 Å². The van der Waals surface area contributed by atoms with E-state index in [2.05, 4.69) is 35.7 Å². The Morgan fingerprint density at radius 3 is 2.86 bits per heavy atom. The van der Waals surface area contributed by atoms with E-state index in [1.165, 1.54) is 13.3 Å². The van der Waals surface area contributed by atoms with Gasteiger partial charge in [0.2, 0.25) is 5.95 Å². The van der Waals surface area contributed by atoms with Gasteiger partial charge in [-0.3, -0.25) is 9.48 Å². The molecule has 184 valence electrons. The number of ether oxygens (including phenoxy) is 2. The summed E-state index contributed by atoms with van der Waals surface area (Å²) in [4.78, 5) is 30.6. The van der Waals surface area contributed by atoms with Gasteiger partial charge in [0.1, 0.15) is 23.5 Å². The van der Waals surface area contributed by atoms with E-state index in [0.717, 1.165) is 11.1 Å². The summed E-state index contributed by atoms with van der Waals surface area (Å²) in [6.45, 7) is -0.310. The summed E-state index contributed by atoms with van der Waals surface area (Å²) < 4.78 is 35.6. The zero-order valence-corrected chi connectivity index (χ0v) is 19.8. The molecule has 36 heavy (non-hydrogen) atoms. The predicted octanol–water partition coefficient (Wildman–Crippen LogP) is 2.86. The quantitative estimate of drug-likeness (QED) is 0.392. The van der Waals surface area contributed by atoms with Crippen LogP contribution in [0, 0.1) is 6.92 Å². The highest BCUT2D eigenvalue weighted by atomic mass is 16.5. The molecule has 1 aliphatic rings. The summed E-state index contributed by atoms with van der Waals surface area (Å²) in [5, 5.41) is 12.6. The molecule has 0 aliphatic carbocycles. The Bertz CT molecular complexity index is 1560. The molecule has 0 unspecified atom stereocenters. The van der Waals surface area contributed by atoms with Crippen LogP contribution in [0.4, 0.5) is 23.3 Å². The van der Waals surface area contributed by atoms with Crippen LogP contribution in [-0.4, -0.2) is 49.7 Å². The number of nitrogens with zero attached hydrogens (tertiary/aromatic N) is 6. The Morgan fingerprint density at radius 2 is 2.08 bits per heavy atom. The number of pyridine rings is 1. The fourth-order valence-electron chi connectivity index (χ4n) is 3.88. The maximum Gasteiger partial charge on any atom is 0.256 e. The Balaban J connectivity index is 1.68. The van der Waals surface area contributed by atoms with Crippen molar-refractivity contribution < 1.29 is 18.4 Å². The standard InChI is InChI=1S/C24H25N9O3/c1-13-5-15-11-36-10-14-7-16(21-27-12-33(3)32-21)20(35-4)18(8-14)29-22-17(23(34)25-2)9-26-24(31-22)30-19(6-13)28-15/h5-9,12H,10-11H2,1-4H3,(H,25,34)(H2,26,28,29,30,31)/i2D3. The SMILES string of the molecule is [2H]C([2H])([2H])NC(=O)c1cnc2nc1Nc1cc(cc(-c3ncn(C)n3)c1OC)COCc1cc(C)cc(n1)N2. The van der Waals surface area contributed by atoms with Crippen LogP contribution in [0.25, 0.3) is 11.4 Å². The van der Waals surface area contributed by atoms with Gasteiger partial charge in [-0.05, 0) is 42.3 Å². The number of aryl methyl sites for hydroxylation is 2. The molecule has 0 saturated heterocycles. The second-order valence-electron chi connectivity index (χ2n) is 8.14. The Kier molecular flexibility index (Phi) is 5.24. The molecule has 3 N–H and O–H groups in total. The molecule has 12 nitrogen and oxygen atoms in total. The van der Waals surface area contributed by atoms with Gasteiger partial charge in [-0.2, -0.15) is 10.1 Å². The number of hydrogen-bond acceptors (Lipinski definition) is 10. The molecule has 4 aromatic rings. The molecule has 1 aromatic carbocycles. The summed E-state index contributed by atoms with van der Waals surface area (Å²) in [5.41, 5.74) is 3.31. The van der Waals surface area contributed by atoms with E-state index in [1.807, 2.05) is 30.4 Å². The van der Waals surface area contributed by atoms with Crippen molar-refractivity contribution >= 4 is 29.2 Å². The predicted molar refractivity (Wildman–Crippen MR) is 132 cm³/mol. The van der Waals surface area contributed by atoms with Gasteiger partial charge in [-0.15, -0.1) is 0 Å². The van der Waals surface area contributed by atoms with E-state index < -0.39 is 12.9 Å². The van der Waals surface area contributed by atoms with Gasteiger partial charge in [0.25, 0.3) is 5.91 Å². The lowest BCUT2D eigenvalue weighted by molar-refractivity contribution is 0.0963. The maximum absolute atomic E-state index is 12.9. The number of fused-ring (bicyclic) bond motifs is 6. The van der Waals surface area contributed by atoms with Crippen LogP contribution in [0.2, 0.25) is 0 Å². The molecule has 3 aromatic heterocycles. The Labute approximate surface area is 211 Å². The van der Waals surface area contributed by atoms with Crippen molar-refractivity contribution in [3.63, 3.8) is 0 Å². The van der Waals surface area contributed by atoms with Gasteiger partial charge >= 0.3 is 0 Å². The zero-order valence-electron chi connectivity index (χ0n) is 22.8. The molecule has 1 amide bonds. The van der Waals surface area contributed by atoms with E-state index >= 15 is 0 Å². The molecular weight excluding hydrogens is 462 g/mol. The number of rotatable bonds is 3. The van der Waals surface area contributed by atoms with Gasteiger partial charge in [-0.1, -0.05) is 0 Å². The molecule has 1 aliphatic heterocycles. The second kappa shape index (κ2) is 9.58. The van der Waals surface area contributed by atoms with Gasteiger partial charge in [-0.25, -0.2) is 15.0 Å². The first-order valence-electron chi connectivity index (χ1n) is 12.4. The molecule has 6 bridgehead atoms. The molecule has 0 radical (unpaired) electrons. The molecule has 4 heterocycles. The van der Waals surface area contributed by atoms with Crippen molar-refractivity contribution in [2.45, 2.75) is 20.1 Å². The van der Waals surface area contributed by atoms with E-state index in [0.29, 0.717) is 34.3 Å². The van der Waals surface area contributed by atoms with E-state index in [9.17, 15) is 4.79 Å². The summed E-state index contributed by atoms with van der Waals surface area (Å²) in [6.07, 6.45) is 2.81. The Morgan fingerprint density at radius 1 is 1.19 bits per heavy atom. The highest BCUT2D eigenvalue weighted by molar-refractivity contribution is 5.99. The van der Waals surface area contributed by atoms with Crippen molar-refractivity contribution in [2.75, 3.05) is 24.7 Å². The Hall–Kier alpha value is -4.58. The van der Waals surface area contributed by atoms with Crippen LogP contribution >= 0.6 is 0 Å². The van der Waals surface area contributed by atoms with Crippen LogP contribution < -0.4 is 20.7 Å². The third-order valence-corrected chi connectivity index (χ3v) is 5.37. The number of methoxy groups -OCH3 is 1. The third-order valence-electron chi connectivity index (χ3n) is 5.37. The molecule has 0 saturated carbocycles. The number of benzene rings is 1. The number of anilines is 4. The molecule has 0 spiro atoms. The lowest BCUT2D eigenvalue weighted by atomic mass is 10.1. The van der Waals surface area contributed by atoms with Gasteiger partial charge in [0, 0.05) is 24.3 Å². The van der Waals surface area contributed by atoms with E-state index in [-0.39, 0.29) is 30.5 Å². The van der Waals surface area contributed by atoms with Crippen LogP contribution in [-0.2, 0) is 25.0 Å². The molecule has 5 rings (SSSR count). The minimum atomic E-state index is -2.71. The minimum absolute atomic E-state index is 0.0375. The number of amides is 1. The summed E-state index contributed by atoms with van der Waals surface area (Å²) in [6, 6.07) is 7.37. The molecular formula is C24H25N9O3. The monoisotopic (exact) mass is 490 g/mol. The van der Waals surface area contributed by atoms with Crippen molar-refractivity contribution in [3.05, 3.63) is 59.2 Å². The van der Waals surface area contributed by atoms with E-state index in [4.69, 9.17) is 13.6 Å². The average molecular weight is 491 g/mol. The normalized spacial score (nSPS) is 14.2. The largest absolute Gasteiger partial charge is 0.494 e. The molecule has 12 heteroatoms. The lowest BCUT2D eigenvalue weighted by Crippen LogP contribution is -2.20. The van der Waals surface area contributed by atoms with Crippen molar-refractivity contribution in [1.82, 2.24) is 35.0 Å². The fraction of sp³-hybridized carbons (Fsp3) is 0.250. The first-order valence-corrected chi connectivity index (χ1v) is 10.9. The fourth-order valence-corrected chi connectivity index (χ4v) is 3.88. The number of nitrogens with one attached hydrogen (secondary N) is 3. The van der Waals surface area contributed by atoms with Crippen LogP contribution in [0.1, 0.15) is 31.3 Å². The molecule has 0 atom stereocenters. The first-order chi connectivity index (χ1) is 18.6. The highest BCUT2D eigenvalue weighted by Crippen LogP contribution is 2.38. The minimum Gasteiger partial charge on any atom is -0.494 e. The first kappa shape index (κ1) is 19.7.